The highest BCUT2D eigenvalue weighted by Gasteiger charge is 2.18. The number of carbonyl (C=O) groups is 1. The molecule has 1 atom stereocenters. The molecule has 4 rings (SSSR count). The molecule has 0 saturated heterocycles. The maximum atomic E-state index is 12.8. The number of amides is 1. The van der Waals surface area contributed by atoms with Crippen LogP contribution in [0.25, 0.3) is 10.8 Å². The van der Waals surface area contributed by atoms with Crippen molar-refractivity contribution in [3.05, 3.63) is 96.0 Å². The first kappa shape index (κ1) is 19.8. The molecule has 1 N–H and O–H groups in total. The maximum Gasteiger partial charge on any atom is 0.265 e. The number of anilines is 1. The molecule has 0 spiro atoms. The molecule has 0 heterocycles. The highest BCUT2D eigenvalue weighted by molar-refractivity contribution is 6.31. The van der Waals surface area contributed by atoms with Gasteiger partial charge in [0.05, 0.1) is 5.69 Å². The minimum Gasteiger partial charge on any atom is -0.480 e. The van der Waals surface area contributed by atoms with Gasteiger partial charge in [-0.3, -0.25) is 4.79 Å². The number of para-hydroxylation sites is 1. The lowest BCUT2D eigenvalue weighted by Gasteiger charge is -2.18. The zero-order valence-corrected chi connectivity index (χ0v) is 17.1. The number of hydrogen-bond donors (Lipinski definition) is 1. The molecule has 5 heteroatoms. The molecule has 0 radical (unpaired) electrons. The van der Waals surface area contributed by atoms with Gasteiger partial charge in [-0.05, 0) is 48.7 Å². The Morgan fingerprint density at radius 1 is 0.867 bits per heavy atom. The van der Waals surface area contributed by atoms with Gasteiger partial charge in [0.25, 0.3) is 5.91 Å². The molecule has 4 aromatic carbocycles. The number of fused-ring (bicyclic) bond motifs is 1. The summed E-state index contributed by atoms with van der Waals surface area (Å²) in [4.78, 5) is 12.8. The van der Waals surface area contributed by atoms with E-state index in [1.165, 1.54) is 0 Å². The number of rotatable bonds is 6. The van der Waals surface area contributed by atoms with Gasteiger partial charge in [-0.15, -0.1) is 0 Å². The smallest absolute Gasteiger partial charge is 0.265 e. The van der Waals surface area contributed by atoms with E-state index in [1.54, 1.807) is 25.1 Å². The highest BCUT2D eigenvalue weighted by atomic mass is 35.5. The molecule has 0 aromatic heterocycles. The molecule has 0 bridgehead atoms. The van der Waals surface area contributed by atoms with Gasteiger partial charge in [-0.2, -0.15) is 0 Å². The summed E-state index contributed by atoms with van der Waals surface area (Å²) in [6.07, 6.45) is -0.723. The van der Waals surface area contributed by atoms with Gasteiger partial charge in [-0.1, -0.05) is 66.2 Å². The van der Waals surface area contributed by atoms with Crippen LogP contribution in [-0.2, 0) is 4.79 Å². The molecule has 0 aliphatic rings. The van der Waals surface area contributed by atoms with E-state index < -0.39 is 6.10 Å². The SMILES string of the molecule is CC(Oc1cccc2ccccc12)C(=O)Nc1cc(Cl)ccc1Oc1ccccc1. The average molecular weight is 418 g/mol. The molecule has 30 heavy (non-hydrogen) atoms. The molecule has 0 fully saturated rings. The van der Waals surface area contributed by atoms with Crippen molar-refractivity contribution in [3.63, 3.8) is 0 Å². The van der Waals surface area contributed by atoms with Crippen LogP contribution in [0.15, 0.2) is 91.0 Å². The van der Waals surface area contributed by atoms with Crippen molar-refractivity contribution in [1.82, 2.24) is 0 Å². The van der Waals surface area contributed by atoms with Crippen LogP contribution in [0, 0.1) is 0 Å². The normalized spacial score (nSPS) is 11.7. The second kappa shape index (κ2) is 8.89. The Morgan fingerprint density at radius 2 is 1.60 bits per heavy atom. The van der Waals surface area contributed by atoms with Gasteiger partial charge in [0.2, 0.25) is 0 Å². The zero-order chi connectivity index (χ0) is 20.9. The fraction of sp³-hybridized carbons (Fsp3) is 0.0800. The minimum atomic E-state index is -0.723. The van der Waals surface area contributed by atoms with Gasteiger partial charge < -0.3 is 14.8 Å². The summed E-state index contributed by atoms with van der Waals surface area (Å²) in [5.41, 5.74) is 0.477. The number of benzene rings is 4. The van der Waals surface area contributed by atoms with Crippen molar-refractivity contribution >= 4 is 34.0 Å². The molecule has 0 aliphatic carbocycles. The summed E-state index contributed by atoms with van der Waals surface area (Å²) in [6, 6.07) is 28.1. The lowest BCUT2D eigenvalue weighted by atomic mass is 10.1. The summed E-state index contributed by atoms with van der Waals surface area (Å²) in [7, 11) is 0. The van der Waals surface area contributed by atoms with Crippen LogP contribution in [0.3, 0.4) is 0 Å². The summed E-state index contributed by atoms with van der Waals surface area (Å²) in [5.74, 6) is 1.51. The summed E-state index contributed by atoms with van der Waals surface area (Å²) < 4.78 is 11.9. The molecule has 0 saturated carbocycles. The van der Waals surface area contributed by atoms with Crippen LogP contribution in [0.4, 0.5) is 5.69 Å². The minimum absolute atomic E-state index is 0.303. The molecular weight excluding hydrogens is 398 g/mol. The van der Waals surface area contributed by atoms with Crippen molar-refractivity contribution in [3.8, 4) is 17.2 Å². The van der Waals surface area contributed by atoms with E-state index in [9.17, 15) is 4.79 Å². The third kappa shape index (κ3) is 4.56. The molecule has 1 unspecified atom stereocenters. The number of halogens is 1. The second-order valence-corrected chi connectivity index (χ2v) is 7.22. The number of ether oxygens (including phenoxy) is 2. The first-order valence-corrected chi connectivity index (χ1v) is 9.96. The van der Waals surface area contributed by atoms with Gasteiger partial charge in [0.15, 0.2) is 11.9 Å². The van der Waals surface area contributed by atoms with E-state index in [0.29, 0.717) is 28.0 Å². The van der Waals surface area contributed by atoms with Gasteiger partial charge in [-0.25, -0.2) is 0 Å². The lowest BCUT2D eigenvalue weighted by molar-refractivity contribution is -0.122. The Morgan fingerprint density at radius 3 is 2.43 bits per heavy atom. The first-order valence-electron chi connectivity index (χ1n) is 9.58. The van der Waals surface area contributed by atoms with Crippen LogP contribution >= 0.6 is 11.6 Å². The summed E-state index contributed by atoms with van der Waals surface area (Å²) in [6.45, 7) is 1.71. The molecule has 150 valence electrons. The fourth-order valence-electron chi connectivity index (χ4n) is 3.08. The largest absolute Gasteiger partial charge is 0.480 e. The lowest BCUT2D eigenvalue weighted by Crippen LogP contribution is -2.30. The Balaban J connectivity index is 1.52. The predicted octanol–water partition coefficient (Wildman–Crippen LogP) is 6.69. The van der Waals surface area contributed by atoms with Crippen LogP contribution < -0.4 is 14.8 Å². The third-order valence-corrected chi connectivity index (χ3v) is 4.83. The Kier molecular flexibility index (Phi) is 5.87. The summed E-state index contributed by atoms with van der Waals surface area (Å²) >= 11 is 6.14. The zero-order valence-electron chi connectivity index (χ0n) is 16.3. The van der Waals surface area contributed by atoms with E-state index in [0.717, 1.165) is 10.8 Å². The quantitative estimate of drug-likeness (QED) is 0.380. The van der Waals surface area contributed by atoms with Gasteiger partial charge in [0.1, 0.15) is 11.5 Å². The van der Waals surface area contributed by atoms with E-state index >= 15 is 0 Å². The van der Waals surface area contributed by atoms with Crippen molar-refractivity contribution in [2.24, 2.45) is 0 Å². The number of hydrogen-bond acceptors (Lipinski definition) is 3. The van der Waals surface area contributed by atoms with E-state index in [1.807, 2.05) is 72.8 Å². The number of carbonyl (C=O) groups excluding carboxylic acids is 1. The van der Waals surface area contributed by atoms with Crippen molar-refractivity contribution in [2.75, 3.05) is 5.32 Å². The van der Waals surface area contributed by atoms with E-state index in [2.05, 4.69) is 5.32 Å². The Hall–Kier alpha value is -3.50. The van der Waals surface area contributed by atoms with Crippen LogP contribution in [0.5, 0.6) is 17.2 Å². The first-order chi connectivity index (χ1) is 14.6. The van der Waals surface area contributed by atoms with Crippen LogP contribution in [0.2, 0.25) is 5.02 Å². The monoisotopic (exact) mass is 417 g/mol. The second-order valence-electron chi connectivity index (χ2n) is 6.78. The van der Waals surface area contributed by atoms with Crippen molar-refractivity contribution in [1.29, 1.82) is 0 Å². The molecule has 4 aromatic rings. The highest BCUT2D eigenvalue weighted by Crippen LogP contribution is 2.32. The van der Waals surface area contributed by atoms with Crippen LogP contribution in [-0.4, -0.2) is 12.0 Å². The number of nitrogens with one attached hydrogen (secondary N) is 1. The standard InChI is InChI=1S/C25H20ClNO3/c1-17(29-23-13-7-9-18-8-5-6-12-21(18)23)25(28)27-22-16-19(26)14-15-24(22)30-20-10-3-2-4-11-20/h2-17H,1H3,(H,27,28). The average Bonchev–Trinajstić information content (AvgIpc) is 2.76. The van der Waals surface area contributed by atoms with Gasteiger partial charge in [0, 0.05) is 10.4 Å². The van der Waals surface area contributed by atoms with Crippen molar-refractivity contribution in [2.45, 2.75) is 13.0 Å². The topological polar surface area (TPSA) is 47.6 Å². The molecule has 1 amide bonds. The van der Waals surface area contributed by atoms with E-state index in [4.69, 9.17) is 21.1 Å². The molecular formula is C25H20ClNO3. The predicted molar refractivity (Wildman–Crippen MR) is 121 cm³/mol. The molecule has 0 aliphatic heterocycles. The summed E-state index contributed by atoms with van der Waals surface area (Å²) in [5, 5.41) is 5.37. The maximum absolute atomic E-state index is 12.8. The fourth-order valence-corrected chi connectivity index (χ4v) is 3.25. The molecule has 4 nitrogen and oxygen atoms in total. The van der Waals surface area contributed by atoms with Crippen molar-refractivity contribution < 1.29 is 14.3 Å². The van der Waals surface area contributed by atoms with Gasteiger partial charge >= 0.3 is 0 Å². The Bertz CT molecular complexity index is 1170. The third-order valence-electron chi connectivity index (χ3n) is 4.59. The van der Waals surface area contributed by atoms with E-state index in [-0.39, 0.29) is 5.91 Å². The van der Waals surface area contributed by atoms with Crippen LogP contribution in [0.1, 0.15) is 6.92 Å². The Labute approximate surface area is 180 Å².